The van der Waals surface area contributed by atoms with E-state index in [4.69, 9.17) is 28.2 Å². The van der Waals surface area contributed by atoms with E-state index in [-0.39, 0.29) is 11.5 Å². The van der Waals surface area contributed by atoms with Gasteiger partial charge in [0.25, 0.3) is 11.5 Å². The van der Waals surface area contributed by atoms with E-state index in [0.717, 1.165) is 27.6 Å². The second-order valence-electron chi connectivity index (χ2n) is 10.4. The second-order valence-corrected chi connectivity index (χ2v) is 12.3. The van der Waals surface area contributed by atoms with Crippen LogP contribution >= 0.6 is 34.5 Å². The van der Waals surface area contributed by atoms with E-state index in [1.165, 1.54) is 11.3 Å². The van der Waals surface area contributed by atoms with Crippen LogP contribution in [0, 0.1) is 0 Å². The maximum absolute atomic E-state index is 14.2. The molecular formula is C34H30Cl2N4O2S. The van der Waals surface area contributed by atoms with Crippen LogP contribution in [-0.4, -0.2) is 33.0 Å². The number of thiazole rings is 1. The molecule has 6 nitrogen and oxygen atoms in total. The average Bonchev–Trinajstić information content (AvgIpc) is 3.50. The minimum atomic E-state index is -0.620. The number of para-hydroxylation sites is 1. The Hall–Kier alpha value is -3.91. The van der Waals surface area contributed by atoms with Gasteiger partial charge in [-0.3, -0.25) is 14.2 Å². The van der Waals surface area contributed by atoms with Crippen LogP contribution in [0.5, 0.6) is 0 Å². The highest BCUT2D eigenvalue weighted by Crippen LogP contribution is 2.32. The zero-order valence-corrected chi connectivity index (χ0v) is 26.4. The van der Waals surface area contributed by atoms with E-state index in [2.05, 4.69) is 22.9 Å². The van der Waals surface area contributed by atoms with Gasteiger partial charge in [-0.05, 0) is 62.2 Å². The van der Waals surface area contributed by atoms with Crippen LogP contribution in [0.2, 0.25) is 10.0 Å². The Morgan fingerprint density at radius 2 is 1.70 bits per heavy atom. The van der Waals surface area contributed by atoms with Crippen molar-refractivity contribution in [1.82, 2.24) is 14.0 Å². The number of amides is 1. The monoisotopic (exact) mass is 628 g/mol. The summed E-state index contributed by atoms with van der Waals surface area (Å²) >= 11 is 14.0. The molecule has 43 heavy (non-hydrogen) atoms. The van der Waals surface area contributed by atoms with Gasteiger partial charge in [-0.15, -0.1) is 0 Å². The summed E-state index contributed by atoms with van der Waals surface area (Å²) in [6.07, 6.45) is 3.99. The lowest BCUT2D eigenvalue weighted by molar-refractivity contribution is -0.127. The van der Waals surface area contributed by atoms with E-state index >= 15 is 0 Å². The molecule has 0 radical (unpaired) electrons. The Morgan fingerprint density at radius 1 is 1.00 bits per heavy atom. The van der Waals surface area contributed by atoms with Crippen molar-refractivity contribution in [2.24, 2.45) is 4.99 Å². The zero-order valence-electron chi connectivity index (χ0n) is 24.1. The number of benzene rings is 3. The van der Waals surface area contributed by atoms with Crippen molar-refractivity contribution in [3.8, 4) is 0 Å². The van der Waals surface area contributed by atoms with Crippen LogP contribution < -0.4 is 14.9 Å². The summed E-state index contributed by atoms with van der Waals surface area (Å²) < 4.78 is 4.36. The molecule has 1 amide bonds. The first-order valence-electron chi connectivity index (χ1n) is 14.2. The van der Waals surface area contributed by atoms with Gasteiger partial charge in [-0.2, -0.15) is 0 Å². The number of carbonyl (C=O) groups is 1. The normalized spacial score (nSPS) is 15.1. The summed E-state index contributed by atoms with van der Waals surface area (Å²) in [5.41, 5.74) is 4.71. The second kappa shape index (κ2) is 12.0. The zero-order chi connectivity index (χ0) is 30.2. The van der Waals surface area contributed by atoms with Crippen LogP contribution in [0.15, 0.2) is 100 Å². The molecule has 0 aliphatic carbocycles. The van der Waals surface area contributed by atoms with Crippen molar-refractivity contribution in [1.29, 1.82) is 0 Å². The van der Waals surface area contributed by atoms with Crippen LogP contribution in [0.25, 0.3) is 17.0 Å². The quantitative estimate of drug-likeness (QED) is 0.209. The first kappa shape index (κ1) is 29.2. The number of halogens is 2. The number of nitrogens with zero attached hydrogens (tertiary/aromatic N) is 4. The molecule has 3 aromatic carbocycles. The lowest BCUT2D eigenvalue weighted by atomic mass is 9.94. The number of allylic oxidation sites excluding steroid dienone is 1. The highest BCUT2D eigenvalue weighted by Gasteiger charge is 2.34. The molecule has 0 N–H and O–H groups in total. The fourth-order valence-corrected chi connectivity index (χ4v) is 7.07. The first-order valence-corrected chi connectivity index (χ1v) is 15.8. The van der Waals surface area contributed by atoms with Gasteiger partial charge in [0.05, 0.1) is 21.8 Å². The Bertz CT molecular complexity index is 2070. The fourth-order valence-electron chi connectivity index (χ4n) is 5.71. The maximum Gasteiger partial charge on any atom is 0.271 e. The number of aromatic nitrogens is 2. The van der Waals surface area contributed by atoms with E-state index in [1.54, 1.807) is 21.6 Å². The molecule has 2 aromatic heterocycles. The molecule has 1 aliphatic rings. The fraction of sp³-hybridized carbons (Fsp3) is 0.206. The van der Waals surface area contributed by atoms with Gasteiger partial charge in [-0.1, -0.05) is 83.1 Å². The first-order chi connectivity index (χ1) is 20.8. The third kappa shape index (κ3) is 5.37. The topological polar surface area (TPSA) is 59.6 Å². The molecule has 3 heterocycles. The van der Waals surface area contributed by atoms with Gasteiger partial charge >= 0.3 is 0 Å². The smallest absolute Gasteiger partial charge is 0.271 e. The van der Waals surface area contributed by atoms with E-state index in [9.17, 15) is 9.59 Å². The summed E-state index contributed by atoms with van der Waals surface area (Å²) in [5.74, 6) is -0.122. The lowest BCUT2D eigenvalue weighted by Crippen LogP contribution is -2.43. The molecule has 5 aromatic rings. The average molecular weight is 630 g/mol. The maximum atomic E-state index is 14.2. The van der Waals surface area contributed by atoms with Crippen LogP contribution in [-0.2, 0) is 11.3 Å². The molecule has 9 heteroatoms. The Kier molecular flexibility index (Phi) is 8.14. The molecule has 0 fully saturated rings. The SMILES string of the molecule is CCN(CC)C(=O)C1=C(C)N=c2s/c(=C/c3cn(Cc4ccccc4Cl)c4ccccc34)c(=O)n2[C@@H]1c1ccc(Cl)cc1. The van der Waals surface area contributed by atoms with Crippen molar-refractivity contribution in [2.75, 3.05) is 13.1 Å². The predicted octanol–water partition coefficient (Wildman–Crippen LogP) is 6.41. The summed E-state index contributed by atoms with van der Waals surface area (Å²) in [6, 6.07) is 22.6. The number of likely N-dealkylation sites (N-methyl/N-ethyl adjacent to an activating group) is 1. The van der Waals surface area contributed by atoms with E-state index in [0.29, 0.717) is 50.3 Å². The van der Waals surface area contributed by atoms with E-state index < -0.39 is 6.04 Å². The van der Waals surface area contributed by atoms with Crippen LogP contribution in [0.1, 0.15) is 43.5 Å². The largest absolute Gasteiger partial charge is 0.342 e. The van der Waals surface area contributed by atoms with Crippen molar-refractivity contribution >= 4 is 57.4 Å². The molecular weight excluding hydrogens is 599 g/mol. The predicted molar refractivity (Wildman–Crippen MR) is 176 cm³/mol. The number of carbonyl (C=O) groups excluding carboxylic acids is 1. The molecule has 0 saturated heterocycles. The summed E-state index contributed by atoms with van der Waals surface area (Å²) in [7, 11) is 0. The Morgan fingerprint density at radius 3 is 2.42 bits per heavy atom. The molecule has 6 rings (SSSR count). The summed E-state index contributed by atoms with van der Waals surface area (Å²) in [5, 5.41) is 2.33. The number of rotatable bonds is 7. The number of hydrogen-bond acceptors (Lipinski definition) is 4. The standard InChI is InChI=1S/C34H30Cl2N4O2S/c1-4-38(5-2)33(42)30-21(3)37-34-40(31(30)22-14-16-25(35)17-15-22)32(41)29(43-34)18-24-20-39(28-13-9-7-11-26(24)28)19-23-10-6-8-12-27(23)36/h6-18,20,31H,4-5,19H2,1-3H3/b29-18+/t31-/m1/s1. The lowest BCUT2D eigenvalue weighted by Gasteiger charge is -2.29. The summed E-state index contributed by atoms with van der Waals surface area (Å²) in [6.45, 7) is 7.46. The van der Waals surface area contributed by atoms with Gasteiger partial charge in [0.2, 0.25) is 0 Å². The van der Waals surface area contributed by atoms with Crippen LogP contribution in [0.4, 0.5) is 0 Å². The highest BCUT2D eigenvalue weighted by atomic mass is 35.5. The summed E-state index contributed by atoms with van der Waals surface area (Å²) in [4.78, 5) is 35.1. The van der Waals surface area contributed by atoms with Gasteiger partial charge < -0.3 is 9.47 Å². The van der Waals surface area contributed by atoms with E-state index in [1.807, 2.05) is 75.4 Å². The molecule has 218 valence electrons. The minimum absolute atomic E-state index is 0.122. The number of fused-ring (bicyclic) bond motifs is 2. The van der Waals surface area contributed by atoms with Gasteiger partial charge in [0, 0.05) is 52.3 Å². The Labute approximate surface area is 263 Å². The Balaban J connectivity index is 1.52. The molecule has 1 atom stereocenters. The van der Waals surface area contributed by atoms with Crippen LogP contribution in [0.3, 0.4) is 0 Å². The van der Waals surface area contributed by atoms with Gasteiger partial charge in [0.15, 0.2) is 4.80 Å². The third-order valence-electron chi connectivity index (χ3n) is 7.89. The highest BCUT2D eigenvalue weighted by molar-refractivity contribution is 7.07. The molecule has 0 saturated carbocycles. The molecule has 1 aliphatic heterocycles. The minimum Gasteiger partial charge on any atom is -0.342 e. The number of hydrogen-bond donors (Lipinski definition) is 0. The third-order valence-corrected chi connectivity index (χ3v) is 9.50. The van der Waals surface area contributed by atoms with Gasteiger partial charge in [-0.25, -0.2) is 4.99 Å². The van der Waals surface area contributed by atoms with Crippen molar-refractivity contribution in [3.05, 3.63) is 137 Å². The molecule has 0 bridgehead atoms. The molecule has 0 unspecified atom stereocenters. The van der Waals surface area contributed by atoms with Crippen molar-refractivity contribution in [2.45, 2.75) is 33.4 Å². The van der Waals surface area contributed by atoms with Gasteiger partial charge in [0.1, 0.15) is 0 Å². The van der Waals surface area contributed by atoms with Crippen molar-refractivity contribution in [3.63, 3.8) is 0 Å². The van der Waals surface area contributed by atoms with Crippen molar-refractivity contribution < 1.29 is 4.79 Å². The molecule has 0 spiro atoms.